The van der Waals surface area contributed by atoms with Gasteiger partial charge in [-0.25, -0.2) is 0 Å². The number of carbonyl (C=O) groups excluding carboxylic acids is 2. The van der Waals surface area contributed by atoms with E-state index in [2.05, 4.69) is 107 Å². The fourth-order valence-electron chi connectivity index (χ4n) is 4.07. The minimum Gasteiger partial charge on any atom is -0.354 e. The Morgan fingerprint density at radius 3 is 1.52 bits per heavy atom. The molecular weight excluding hydrogens is 429 g/mol. The number of likely N-dealkylation sites (N-methyl/N-ethyl adjacent to an activating group) is 1. The molecule has 0 aliphatic carbocycles. The van der Waals surface area contributed by atoms with Crippen LogP contribution in [-0.2, 0) is 9.59 Å². The lowest BCUT2D eigenvalue weighted by Gasteiger charge is -2.27. The molecule has 2 amide bonds. The lowest BCUT2D eigenvalue weighted by molar-refractivity contribution is -0.122. The maximum Gasteiger partial charge on any atom is 0.234 e. The standard InChI is InChI=1S/C27H32N3O2P/c1-28-22-27(32)30-20-19-29-26(31)18-11-21-33(23-12-5-2-6-13-23,24-14-7-3-8-15-24)25-16-9-4-10-17-25/h2-10,12-17,28H,11,18-22H2,1H3,(H-,29,30,31,32)/p+1. The molecule has 0 heterocycles. The smallest absolute Gasteiger partial charge is 0.234 e. The monoisotopic (exact) mass is 462 g/mol. The molecule has 3 aromatic rings. The Hall–Kier alpha value is -3.01. The zero-order chi connectivity index (χ0) is 23.4. The molecule has 0 aliphatic rings. The van der Waals surface area contributed by atoms with E-state index in [9.17, 15) is 9.59 Å². The number of carbonyl (C=O) groups is 2. The molecule has 172 valence electrons. The van der Waals surface area contributed by atoms with Gasteiger partial charge in [0.2, 0.25) is 11.8 Å². The van der Waals surface area contributed by atoms with Gasteiger partial charge in [-0.1, -0.05) is 54.6 Å². The molecule has 3 rings (SSSR count). The highest BCUT2D eigenvalue weighted by atomic mass is 31.2. The summed E-state index contributed by atoms with van der Waals surface area (Å²) >= 11 is 0. The summed E-state index contributed by atoms with van der Waals surface area (Å²) in [6, 6.07) is 32.1. The molecule has 0 aromatic heterocycles. The molecule has 5 nitrogen and oxygen atoms in total. The number of rotatable bonds is 12. The molecule has 6 heteroatoms. The van der Waals surface area contributed by atoms with Gasteiger partial charge in [-0.05, 0) is 49.9 Å². The van der Waals surface area contributed by atoms with Crippen molar-refractivity contribution in [1.29, 1.82) is 0 Å². The van der Waals surface area contributed by atoms with Gasteiger partial charge in [0.25, 0.3) is 0 Å². The van der Waals surface area contributed by atoms with Crippen LogP contribution in [0.1, 0.15) is 12.8 Å². The average molecular weight is 463 g/mol. The van der Waals surface area contributed by atoms with Gasteiger partial charge in [0.15, 0.2) is 0 Å². The number of hydrogen-bond donors (Lipinski definition) is 3. The molecular formula is C27H33N3O2P+. The molecule has 0 fully saturated rings. The zero-order valence-corrected chi connectivity index (χ0v) is 20.1. The highest BCUT2D eigenvalue weighted by Crippen LogP contribution is 2.55. The molecule has 0 saturated heterocycles. The van der Waals surface area contributed by atoms with Crippen LogP contribution in [-0.4, -0.2) is 44.7 Å². The van der Waals surface area contributed by atoms with Crippen molar-refractivity contribution in [2.75, 3.05) is 32.8 Å². The molecule has 3 N–H and O–H groups in total. The zero-order valence-electron chi connectivity index (χ0n) is 19.2. The molecule has 0 saturated carbocycles. The van der Waals surface area contributed by atoms with Crippen LogP contribution in [0.4, 0.5) is 0 Å². The Bertz CT molecular complexity index is 901. The summed E-state index contributed by atoms with van der Waals surface area (Å²) in [5.41, 5.74) is 0. The summed E-state index contributed by atoms with van der Waals surface area (Å²) in [6.45, 7) is 1.14. The summed E-state index contributed by atoms with van der Waals surface area (Å²) in [4.78, 5) is 24.0. The highest BCUT2D eigenvalue weighted by molar-refractivity contribution is 7.95. The van der Waals surface area contributed by atoms with Crippen LogP contribution in [0.2, 0.25) is 0 Å². The van der Waals surface area contributed by atoms with Crippen molar-refractivity contribution in [1.82, 2.24) is 16.0 Å². The largest absolute Gasteiger partial charge is 0.354 e. The first kappa shape index (κ1) is 24.6. The van der Waals surface area contributed by atoms with E-state index < -0.39 is 7.26 Å². The molecule has 0 bridgehead atoms. The number of hydrogen-bond acceptors (Lipinski definition) is 3. The van der Waals surface area contributed by atoms with Gasteiger partial charge in [-0.15, -0.1) is 0 Å². The van der Waals surface area contributed by atoms with E-state index in [-0.39, 0.29) is 18.4 Å². The van der Waals surface area contributed by atoms with Crippen molar-refractivity contribution >= 4 is 35.0 Å². The summed E-state index contributed by atoms with van der Waals surface area (Å²) in [7, 11) is -0.179. The predicted octanol–water partition coefficient (Wildman–Crippen LogP) is 2.21. The Labute approximate surface area is 197 Å². The second-order valence-electron chi connectivity index (χ2n) is 7.87. The molecule has 0 spiro atoms. The van der Waals surface area contributed by atoms with Crippen LogP contribution in [0.15, 0.2) is 91.0 Å². The topological polar surface area (TPSA) is 70.2 Å². The fraction of sp³-hybridized carbons (Fsp3) is 0.259. The van der Waals surface area contributed by atoms with Crippen LogP contribution in [0, 0.1) is 0 Å². The Kier molecular flexibility index (Phi) is 9.61. The van der Waals surface area contributed by atoms with Crippen LogP contribution >= 0.6 is 7.26 Å². The molecule has 0 atom stereocenters. The van der Waals surface area contributed by atoms with Gasteiger partial charge < -0.3 is 16.0 Å². The van der Waals surface area contributed by atoms with Crippen LogP contribution in [0.5, 0.6) is 0 Å². The van der Waals surface area contributed by atoms with Gasteiger partial charge >= 0.3 is 0 Å². The molecule has 0 unspecified atom stereocenters. The van der Waals surface area contributed by atoms with Gasteiger partial charge in [0.1, 0.15) is 23.2 Å². The van der Waals surface area contributed by atoms with Crippen molar-refractivity contribution in [3.05, 3.63) is 91.0 Å². The fourth-order valence-corrected chi connectivity index (χ4v) is 8.42. The van der Waals surface area contributed by atoms with Crippen molar-refractivity contribution < 1.29 is 9.59 Å². The minimum atomic E-state index is -1.91. The molecule has 0 aliphatic heterocycles. The number of nitrogens with one attached hydrogen (secondary N) is 3. The lowest BCUT2D eigenvalue weighted by atomic mass is 10.3. The second kappa shape index (κ2) is 12.9. The second-order valence-corrected chi connectivity index (χ2v) is 11.5. The lowest BCUT2D eigenvalue weighted by Crippen LogP contribution is -2.38. The maximum absolute atomic E-state index is 12.5. The molecule has 0 radical (unpaired) electrons. The quantitative estimate of drug-likeness (QED) is 0.286. The summed E-state index contributed by atoms with van der Waals surface area (Å²) < 4.78 is 0. The van der Waals surface area contributed by atoms with Crippen molar-refractivity contribution in [3.63, 3.8) is 0 Å². The Morgan fingerprint density at radius 2 is 1.09 bits per heavy atom. The number of benzene rings is 3. The van der Waals surface area contributed by atoms with Crippen LogP contribution in [0.3, 0.4) is 0 Å². The van der Waals surface area contributed by atoms with E-state index >= 15 is 0 Å². The van der Waals surface area contributed by atoms with E-state index in [0.717, 1.165) is 12.6 Å². The van der Waals surface area contributed by atoms with Gasteiger partial charge in [-0.2, -0.15) is 0 Å². The van der Waals surface area contributed by atoms with Gasteiger partial charge in [0.05, 0.1) is 12.7 Å². The van der Waals surface area contributed by atoms with Gasteiger partial charge in [-0.3, -0.25) is 9.59 Å². The molecule has 33 heavy (non-hydrogen) atoms. The molecule has 3 aromatic carbocycles. The van der Waals surface area contributed by atoms with E-state index in [1.165, 1.54) is 15.9 Å². The highest BCUT2D eigenvalue weighted by Gasteiger charge is 2.44. The third kappa shape index (κ3) is 6.74. The Balaban J connectivity index is 1.73. The first-order valence-electron chi connectivity index (χ1n) is 11.4. The average Bonchev–Trinajstić information content (AvgIpc) is 2.86. The van der Waals surface area contributed by atoms with E-state index in [1.54, 1.807) is 7.05 Å². The first-order valence-corrected chi connectivity index (χ1v) is 13.4. The third-order valence-electron chi connectivity index (χ3n) is 5.59. The van der Waals surface area contributed by atoms with Crippen LogP contribution < -0.4 is 31.9 Å². The van der Waals surface area contributed by atoms with Gasteiger partial charge in [0, 0.05) is 19.5 Å². The van der Waals surface area contributed by atoms with Crippen molar-refractivity contribution in [2.24, 2.45) is 0 Å². The summed E-state index contributed by atoms with van der Waals surface area (Å²) in [6.07, 6.45) is 2.15. The Morgan fingerprint density at radius 1 is 0.667 bits per heavy atom. The van der Waals surface area contributed by atoms with Crippen molar-refractivity contribution in [3.8, 4) is 0 Å². The SMILES string of the molecule is CNCC(=O)NCCNC(=O)CCC[P+](c1ccccc1)(c1ccccc1)c1ccccc1. The van der Waals surface area contributed by atoms with E-state index in [1.807, 2.05) is 0 Å². The number of amides is 2. The van der Waals surface area contributed by atoms with Crippen molar-refractivity contribution in [2.45, 2.75) is 12.8 Å². The minimum absolute atomic E-state index is 0.0187. The first-order chi connectivity index (χ1) is 16.2. The maximum atomic E-state index is 12.5. The van der Waals surface area contributed by atoms with E-state index in [0.29, 0.717) is 19.5 Å². The predicted molar refractivity (Wildman–Crippen MR) is 139 cm³/mol. The third-order valence-corrected chi connectivity index (χ3v) is 10.1. The normalized spacial score (nSPS) is 11.1. The van der Waals surface area contributed by atoms with E-state index in [4.69, 9.17) is 0 Å². The summed E-state index contributed by atoms with van der Waals surface area (Å²) in [5.74, 6) is -0.0555. The van der Waals surface area contributed by atoms with Crippen LogP contribution in [0.25, 0.3) is 0 Å². The summed E-state index contributed by atoms with van der Waals surface area (Å²) in [5, 5.41) is 12.5.